The summed E-state index contributed by atoms with van der Waals surface area (Å²) >= 11 is 1.41. The van der Waals surface area contributed by atoms with E-state index in [0.29, 0.717) is 18.0 Å². The zero-order valence-corrected chi connectivity index (χ0v) is 18.4. The molecular weight excluding hydrogens is 390 g/mol. The van der Waals surface area contributed by atoms with E-state index in [1.165, 1.54) is 11.3 Å². The minimum atomic E-state index is -0.0743. The predicted octanol–water partition coefficient (Wildman–Crippen LogP) is 1.29. The molecule has 3 heterocycles. The minimum Gasteiger partial charge on any atom is -0.379 e. The summed E-state index contributed by atoms with van der Waals surface area (Å²) in [5.41, 5.74) is 0. The third-order valence-corrected chi connectivity index (χ3v) is 6.71. The van der Waals surface area contributed by atoms with Gasteiger partial charge in [0, 0.05) is 52.4 Å². The highest BCUT2D eigenvalue weighted by Crippen LogP contribution is 2.28. The van der Waals surface area contributed by atoms with E-state index in [4.69, 9.17) is 4.74 Å². The highest BCUT2D eigenvalue weighted by atomic mass is 32.1. The molecule has 0 saturated carbocycles. The summed E-state index contributed by atoms with van der Waals surface area (Å²) < 4.78 is 5.34. The van der Waals surface area contributed by atoms with Gasteiger partial charge in [-0.3, -0.25) is 14.5 Å². The molecule has 0 aromatic carbocycles. The number of anilines is 1. The van der Waals surface area contributed by atoms with Crippen molar-refractivity contribution in [1.82, 2.24) is 20.1 Å². The quantitative estimate of drug-likeness (QED) is 0.679. The van der Waals surface area contributed by atoms with E-state index in [1.807, 2.05) is 18.7 Å². The van der Waals surface area contributed by atoms with Gasteiger partial charge in [0.25, 0.3) is 5.91 Å². The fourth-order valence-electron chi connectivity index (χ4n) is 3.90. The van der Waals surface area contributed by atoms with Crippen LogP contribution in [0.15, 0.2) is 6.20 Å². The number of nitrogens with one attached hydrogen (secondary N) is 1. The smallest absolute Gasteiger partial charge is 0.263 e. The topological polar surface area (TPSA) is 78.0 Å². The average Bonchev–Trinajstić information content (AvgIpc) is 3.26. The Morgan fingerprint density at radius 1 is 1.28 bits per heavy atom. The van der Waals surface area contributed by atoms with Crippen molar-refractivity contribution in [1.29, 1.82) is 0 Å². The van der Waals surface area contributed by atoms with Crippen molar-refractivity contribution in [3.05, 3.63) is 11.1 Å². The van der Waals surface area contributed by atoms with Crippen LogP contribution in [0.25, 0.3) is 0 Å². The molecule has 3 rings (SSSR count). The van der Waals surface area contributed by atoms with Crippen molar-refractivity contribution in [2.45, 2.75) is 26.7 Å². The first kappa shape index (κ1) is 22.0. The second kappa shape index (κ2) is 10.9. The van der Waals surface area contributed by atoms with Crippen molar-refractivity contribution in [2.75, 3.05) is 70.5 Å². The summed E-state index contributed by atoms with van der Waals surface area (Å²) in [5, 5.41) is 3.82. The number of ether oxygens (including phenoxy) is 1. The molecule has 0 aliphatic carbocycles. The second-order valence-electron chi connectivity index (χ2n) is 7.51. The van der Waals surface area contributed by atoms with Crippen LogP contribution in [0.5, 0.6) is 0 Å². The van der Waals surface area contributed by atoms with Gasteiger partial charge in [0.15, 0.2) is 5.13 Å². The van der Waals surface area contributed by atoms with Gasteiger partial charge in [0.05, 0.1) is 25.3 Å². The standard InChI is InChI=1S/C20H33N5O3S/c1-3-24(4-2)19(27)16-6-5-8-25(15-16)20-22-14-17(29-20)18(26)21-7-9-23-10-12-28-13-11-23/h14,16H,3-13,15H2,1-2H3,(H,21,26). The summed E-state index contributed by atoms with van der Waals surface area (Å²) in [6.07, 6.45) is 3.55. The number of hydrogen-bond donors (Lipinski definition) is 1. The first-order chi connectivity index (χ1) is 14.1. The number of amides is 2. The van der Waals surface area contributed by atoms with Crippen molar-refractivity contribution in [3.63, 3.8) is 0 Å². The van der Waals surface area contributed by atoms with E-state index in [1.54, 1.807) is 6.20 Å². The van der Waals surface area contributed by atoms with Crippen molar-refractivity contribution < 1.29 is 14.3 Å². The van der Waals surface area contributed by atoms with Gasteiger partial charge < -0.3 is 19.9 Å². The zero-order chi connectivity index (χ0) is 20.6. The Balaban J connectivity index is 1.50. The number of aromatic nitrogens is 1. The summed E-state index contributed by atoms with van der Waals surface area (Å²) in [5.74, 6) is 0.172. The van der Waals surface area contributed by atoms with E-state index in [2.05, 4.69) is 20.1 Å². The second-order valence-corrected chi connectivity index (χ2v) is 8.52. The molecule has 0 spiro atoms. The van der Waals surface area contributed by atoms with E-state index in [-0.39, 0.29) is 17.7 Å². The zero-order valence-electron chi connectivity index (χ0n) is 17.6. The first-order valence-corrected chi connectivity index (χ1v) is 11.5. The molecule has 1 unspecified atom stereocenters. The molecule has 2 fully saturated rings. The van der Waals surface area contributed by atoms with Gasteiger partial charge in [-0.1, -0.05) is 11.3 Å². The van der Waals surface area contributed by atoms with Crippen LogP contribution in [0.4, 0.5) is 5.13 Å². The average molecular weight is 424 g/mol. The SMILES string of the molecule is CCN(CC)C(=O)C1CCCN(c2ncc(C(=O)NCCN3CCOCC3)s2)C1. The van der Waals surface area contributed by atoms with Gasteiger partial charge >= 0.3 is 0 Å². The molecule has 29 heavy (non-hydrogen) atoms. The maximum absolute atomic E-state index is 12.7. The molecular formula is C20H33N5O3S. The lowest BCUT2D eigenvalue weighted by Crippen LogP contribution is -2.44. The van der Waals surface area contributed by atoms with Gasteiger partial charge in [-0.2, -0.15) is 0 Å². The van der Waals surface area contributed by atoms with Gasteiger partial charge in [0.1, 0.15) is 4.88 Å². The summed E-state index contributed by atoms with van der Waals surface area (Å²) in [7, 11) is 0. The van der Waals surface area contributed by atoms with Crippen molar-refractivity contribution in [2.24, 2.45) is 5.92 Å². The van der Waals surface area contributed by atoms with Crippen LogP contribution in [-0.2, 0) is 9.53 Å². The monoisotopic (exact) mass is 423 g/mol. The Morgan fingerprint density at radius 3 is 2.76 bits per heavy atom. The van der Waals surface area contributed by atoms with Gasteiger partial charge in [-0.15, -0.1) is 0 Å². The molecule has 1 aromatic rings. The third-order valence-electron chi connectivity index (χ3n) is 5.65. The van der Waals surface area contributed by atoms with Crippen molar-refractivity contribution >= 4 is 28.3 Å². The number of morpholine rings is 1. The van der Waals surface area contributed by atoms with Crippen LogP contribution in [0.1, 0.15) is 36.4 Å². The maximum Gasteiger partial charge on any atom is 0.263 e. The van der Waals surface area contributed by atoms with E-state index in [0.717, 1.165) is 70.5 Å². The Bertz CT molecular complexity index is 673. The fourth-order valence-corrected chi connectivity index (χ4v) is 4.77. The Morgan fingerprint density at radius 2 is 2.03 bits per heavy atom. The molecule has 0 bridgehead atoms. The number of carbonyl (C=O) groups excluding carboxylic acids is 2. The lowest BCUT2D eigenvalue weighted by molar-refractivity contribution is -0.135. The van der Waals surface area contributed by atoms with Crippen LogP contribution in [0.3, 0.4) is 0 Å². The Kier molecular flexibility index (Phi) is 8.26. The highest BCUT2D eigenvalue weighted by Gasteiger charge is 2.29. The molecule has 9 heteroatoms. The number of thiazole rings is 1. The molecule has 8 nitrogen and oxygen atoms in total. The van der Waals surface area contributed by atoms with Crippen LogP contribution in [-0.4, -0.2) is 92.2 Å². The van der Waals surface area contributed by atoms with Gasteiger partial charge in [-0.25, -0.2) is 4.98 Å². The molecule has 162 valence electrons. The molecule has 2 amide bonds. The van der Waals surface area contributed by atoms with E-state index >= 15 is 0 Å². The molecule has 1 N–H and O–H groups in total. The third kappa shape index (κ3) is 5.90. The molecule has 2 saturated heterocycles. The molecule has 2 aliphatic heterocycles. The van der Waals surface area contributed by atoms with Crippen LogP contribution >= 0.6 is 11.3 Å². The summed E-state index contributed by atoms with van der Waals surface area (Å²) in [4.78, 5) is 36.6. The fraction of sp³-hybridized carbons (Fsp3) is 0.750. The van der Waals surface area contributed by atoms with E-state index < -0.39 is 0 Å². The maximum atomic E-state index is 12.7. The minimum absolute atomic E-state index is 0.0124. The number of carbonyl (C=O) groups is 2. The van der Waals surface area contributed by atoms with Gasteiger partial charge in [-0.05, 0) is 26.7 Å². The lowest BCUT2D eigenvalue weighted by atomic mass is 9.97. The van der Waals surface area contributed by atoms with Crippen LogP contribution < -0.4 is 10.2 Å². The van der Waals surface area contributed by atoms with Crippen molar-refractivity contribution in [3.8, 4) is 0 Å². The number of nitrogens with zero attached hydrogens (tertiary/aromatic N) is 4. The molecule has 1 aromatic heterocycles. The molecule has 0 radical (unpaired) electrons. The van der Waals surface area contributed by atoms with Crippen LogP contribution in [0.2, 0.25) is 0 Å². The first-order valence-electron chi connectivity index (χ1n) is 10.7. The van der Waals surface area contributed by atoms with Gasteiger partial charge in [0.2, 0.25) is 5.91 Å². The predicted molar refractivity (Wildman–Crippen MR) is 115 cm³/mol. The van der Waals surface area contributed by atoms with E-state index in [9.17, 15) is 9.59 Å². The molecule has 1 atom stereocenters. The highest BCUT2D eigenvalue weighted by molar-refractivity contribution is 7.17. The normalized spacial score (nSPS) is 20.5. The number of rotatable bonds is 8. The molecule has 2 aliphatic rings. The lowest BCUT2D eigenvalue weighted by Gasteiger charge is -2.34. The summed E-state index contributed by atoms with van der Waals surface area (Å²) in [6, 6.07) is 0. The summed E-state index contributed by atoms with van der Waals surface area (Å²) in [6.45, 7) is 11.9. The van der Waals surface area contributed by atoms with Crippen LogP contribution in [0, 0.1) is 5.92 Å². The largest absolute Gasteiger partial charge is 0.379 e. The number of piperidine rings is 1. The Hall–Kier alpha value is -1.71. The number of hydrogen-bond acceptors (Lipinski definition) is 7. The Labute approximate surface area is 177 Å².